The molecule has 0 N–H and O–H groups in total. The van der Waals surface area contributed by atoms with Gasteiger partial charge in [0.1, 0.15) is 0 Å². The summed E-state index contributed by atoms with van der Waals surface area (Å²) in [5, 5.41) is 4.44. The summed E-state index contributed by atoms with van der Waals surface area (Å²) in [4.78, 5) is 6.58. The smallest absolute Gasteiger partial charge is 0.416 e. The summed E-state index contributed by atoms with van der Waals surface area (Å²) < 4.78 is 45.6. The molecule has 150 valence electrons. The molecule has 28 heavy (non-hydrogen) atoms. The minimum absolute atomic E-state index is 0.457. The molecule has 2 heterocycles. The van der Waals surface area contributed by atoms with Crippen molar-refractivity contribution in [3.8, 4) is 17.1 Å². The third kappa shape index (κ3) is 4.62. The van der Waals surface area contributed by atoms with Crippen molar-refractivity contribution in [2.45, 2.75) is 26.4 Å². The van der Waals surface area contributed by atoms with Crippen molar-refractivity contribution >= 4 is 5.65 Å². The lowest BCUT2D eigenvalue weighted by atomic mass is 10.1. The number of rotatable bonds is 8. The molecule has 8 heteroatoms. The van der Waals surface area contributed by atoms with Gasteiger partial charge in [0.2, 0.25) is 5.88 Å². The zero-order valence-corrected chi connectivity index (χ0v) is 15.9. The summed E-state index contributed by atoms with van der Waals surface area (Å²) in [6, 6.07) is 8.48. The van der Waals surface area contributed by atoms with Crippen LogP contribution in [0.25, 0.3) is 16.9 Å². The number of hydrogen-bond donors (Lipinski definition) is 0. The van der Waals surface area contributed by atoms with Crippen molar-refractivity contribution in [1.29, 1.82) is 0 Å². The first-order valence-electron chi connectivity index (χ1n) is 9.30. The minimum Gasteiger partial charge on any atom is -0.477 e. The van der Waals surface area contributed by atoms with Crippen LogP contribution in [0.15, 0.2) is 42.6 Å². The predicted molar refractivity (Wildman–Crippen MR) is 101 cm³/mol. The Kier molecular flexibility index (Phi) is 6.18. The Morgan fingerprint density at radius 1 is 1.04 bits per heavy atom. The molecular weight excluding hydrogens is 369 g/mol. The average molecular weight is 392 g/mol. The van der Waals surface area contributed by atoms with Gasteiger partial charge in [-0.15, -0.1) is 5.10 Å². The molecule has 0 atom stereocenters. The van der Waals surface area contributed by atoms with E-state index >= 15 is 0 Å². The fourth-order valence-electron chi connectivity index (χ4n) is 2.97. The van der Waals surface area contributed by atoms with Crippen LogP contribution in [0.5, 0.6) is 5.88 Å². The lowest BCUT2D eigenvalue weighted by molar-refractivity contribution is -0.137. The van der Waals surface area contributed by atoms with Gasteiger partial charge in [-0.2, -0.15) is 13.2 Å². The fourth-order valence-corrected chi connectivity index (χ4v) is 2.97. The predicted octanol–water partition coefficient (Wildman–Crippen LogP) is 4.53. The Hall–Kier alpha value is -2.61. The molecule has 5 nitrogen and oxygen atoms in total. The van der Waals surface area contributed by atoms with Gasteiger partial charge in [-0.1, -0.05) is 26.0 Å². The first-order valence-corrected chi connectivity index (χ1v) is 9.30. The van der Waals surface area contributed by atoms with Crippen molar-refractivity contribution in [3.05, 3.63) is 48.2 Å². The molecule has 0 spiro atoms. The zero-order valence-electron chi connectivity index (χ0n) is 15.9. The number of fused-ring (bicyclic) bond motifs is 1. The summed E-state index contributed by atoms with van der Waals surface area (Å²) in [5.74, 6) is 0.457. The van der Waals surface area contributed by atoms with Crippen LogP contribution in [-0.2, 0) is 6.18 Å². The van der Waals surface area contributed by atoms with E-state index in [2.05, 4.69) is 28.8 Å². The van der Waals surface area contributed by atoms with E-state index in [0.29, 0.717) is 29.4 Å². The van der Waals surface area contributed by atoms with Gasteiger partial charge in [0.05, 0.1) is 24.1 Å². The Morgan fingerprint density at radius 3 is 2.39 bits per heavy atom. The molecular formula is C20H23F3N4O. The quantitative estimate of drug-likeness (QED) is 0.529. The molecule has 0 aliphatic carbocycles. The Balaban J connectivity index is 1.74. The molecule has 0 unspecified atom stereocenters. The van der Waals surface area contributed by atoms with E-state index in [1.54, 1.807) is 22.8 Å². The van der Waals surface area contributed by atoms with E-state index in [1.165, 1.54) is 12.1 Å². The summed E-state index contributed by atoms with van der Waals surface area (Å²) in [7, 11) is 0. The number of benzene rings is 1. The summed E-state index contributed by atoms with van der Waals surface area (Å²) >= 11 is 0. The molecule has 3 rings (SSSR count). The number of alkyl halides is 3. The van der Waals surface area contributed by atoms with Gasteiger partial charge >= 0.3 is 6.18 Å². The SMILES string of the molecule is CCN(CC)CCCOc1ccc2ncc(-c3ccc(C(F)(F)F)cc3)n2n1. The third-order valence-electron chi connectivity index (χ3n) is 4.61. The van der Waals surface area contributed by atoms with Crippen molar-refractivity contribution in [2.75, 3.05) is 26.2 Å². The number of imidazole rings is 1. The van der Waals surface area contributed by atoms with Gasteiger partial charge in [0, 0.05) is 18.2 Å². The van der Waals surface area contributed by atoms with Crippen LogP contribution < -0.4 is 4.74 Å². The van der Waals surface area contributed by atoms with E-state index in [-0.39, 0.29) is 0 Å². The highest BCUT2D eigenvalue weighted by atomic mass is 19.4. The average Bonchev–Trinajstić information content (AvgIpc) is 3.11. The van der Waals surface area contributed by atoms with Gasteiger partial charge in [-0.05, 0) is 37.7 Å². The number of nitrogens with zero attached hydrogens (tertiary/aromatic N) is 4. The largest absolute Gasteiger partial charge is 0.477 e. The van der Waals surface area contributed by atoms with E-state index in [4.69, 9.17) is 4.74 Å². The Morgan fingerprint density at radius 2 is 1.75 bits per heavy atom. The van der Waals surface area contributed by atoms with E-state index < -0.39 is 11.7 Å². The molecule has 0 aliphatic rings. The molecule has 0 saturated heterocycles. The van der Waals surface area contributed by atoms with Crippen molar-refractivity contribution < 1.29 is 17.9 Å². The lowest BCUT2D eigenvalue weighted by Crippen LogP contribution is -2.25. The van der Waals surface area contributed by atoms with E-state index in [0.717, 1.165) is 38.2 Å². The number of halogens is 3. The van der Waals surface area contributed by atoms with Gasteiger partial charge < -0.3 is 9.64 Å². The molecule has 0 bridgehead atoms. The lowest BCUT2D eigenvalue weighted by Gasteiger charge is -2.17. The summed E-state index contributed by atoms with van der Waals surface area (Å²) in [6.45, 7) is 7.76. The van der Waals surface area contributed by atoms with Crippen LogP contribution in [0.4, 0.5) is 13.2 Å². The van der Waals surface area contributed by atoms with Crippen molar-refractivity contribution in [1.82, 2.24) is 19.5 Å². The first kappa shape index (κ1) is 20.1. The monoisotopic (exact) mass is 392 g/mol. The minimum atomic E-state index is -4.36. The molecule has 0 fully saturated rings. The topological polar surface area (TPSA) is 42.7 Å². The standard InChI is InChI=1S/C20H23F3N4O/c1-3-26(4-2)12-5-13-28-19-11-10-18-24-14-17(27(18)25-19)15-6-8-16(9-7-15)20(21,22)23/h6-11,14H,3-5,12-13H2,1-2H3. The van der Waals surface area contributed by atoms with Crippen molar-refractivity contribution in [2.24, 2.45) is 0 Å². The van der Waals surface area contributed by atoms with Crippen LogP contribution in [0.3, 0.4) is 0 Å². The maximum absolute atomic E-state index is 12.8. The fraction of sp³-hybridized carbons (Fsp3) is 0.400. The third-order valence-corrected chi connectivity index (χ3v) is 4.61. The van der Waals surface area contributed by atoms with Gasteiger partial charge in [-0.25, -0.2) is 9.50 Å². The normalized spacial score (nSPS) is 12.1. The Labute approximate surface area is 161 Å². The van der Waals surface area contributed by atoms with Gasteiger partial charge in [0.25, 0.3) is 0 Å². The maximum atomic E-state index is 12.8. The molecule has 3 aromatic rings. The van der Waals surface area contributed by atoms with Gasteiger partial charge in [-0.3, -0.25) is 0 Å². The summed E-state index contributed by atoms with van der Waals surface area (Å²) in [5.41, 5.74) is 1.13. The first-order chi connectivity index (χ1) is 13.4. The number of ether oxygens (including phenoxy) is 1. The second-order valence-electron chi connectivity index (χ2n) is 6.39. The Bertz CT molecular complexity index is 902. The maximum Gasteiger partial charge on any atom is 0.416 e. The van der Waals surface area contributed by atoms with E-state index in [9.17, 15) is 13.2 Å². The molecule has 0 saturated carbocycles. The number of aromatic nitrogens is 3. The molecule has 0 amide bonds. The van der Waals surface area contributed by atoms with Gasteiger partial charge in [0.15, 0.2) is 5.65 Å². The van der Waals surface area contributed by atoms with E-state index in [1.807, 2.05) is 0 Å². The second-order valence-corrected chi connectivity index (χ2v) is 6.39. The molecule has 1 aromatic carbocycles. The van der Waals surface area contributed by atoms with Crippen LogP contribution in [0.1, 0.15) is 25.8 Å². The van der Waals surface area contributed by atoms with Crippen LogP contribution >= 0.6 is 0 Å². The van der Waals surface area contributed by atoms with Crippen LogP contribution in [0.2, 0.25) is 0 Å². The molecule has 0 radical (unpaired) electrons. The van der Waals surface area contributed by atoms with Crippen molar-refractivity contribution in [3.63, 3.8) is 0 Å². The van der Waals surface area contributed by atoms with Crippen LogP contribution in [0, 0.1) is 0 Å². The molecule has 0 aliphatic heterocycles. The highest BCUT2D eigenvalue weighted by Crippen LogP contribution is 2.31. The number of hydrogen-bond acceptors (Lipinski definition) is 4. The van der Waals surface area contributed by atoms with Crippen LogP contribution in [-0.4, -0.2) is 45.7 Å². The highest BCUT2D eigenvalue weighted by Gasteiger charge is 2.30. The summed E-state index contributed by atoms with van der Waals surface area (Å²) in [6.07, 6.45) is -1.88. The second kappa shape index (κ2) is 8.60. The highest BCUT2D eigenvalue weighted by molar-refractivity contribution is 5.63. The molecule has 2 aromatic heterocycles. The zero-order chi connectivity index (χ0) is 20.1.